The molecule has 1 rings (SSSR count). The first kappa shape index (κ1) is 23.9. The first-order valence-electron chi connectivity index (χ1n) is 8.75. The van der Waals surface area contributed by atoms with Crippen molar-refractivity contribution in [1.29, 1.82) is 0 Å². The molecule has 1 aromatic heterocycles. The van der Waals surface area contributed by atoms with Crippen molar-refractivity contribution in [2.75, 3.05) is 33.4 Å². The summed E-state index contributed by atoms with van der Waals surface area (Å²) in [5.41, 5.74) is 0.966. The molecule has 0 aliphatic rings. The van der Waals surface area contributed by atoms with Crippen LogP contribution in [0.5, 0.6) is 5.88 Å². The Morgan fingerprint density at radius 3 is 2.76 bits per heavy atom. The number of pyridine rings is 1. The number of guanidine groups is 1. The van der Waals surface area contributed by atoms with Crippen LogP contribution in [0.4, 0.5) is 0 Å². The Hall–Kier alpha value is -1.09. The Balaban J connectivity index is 0.00000576. The molecule has 0 saturated carbocycles. The lowest BCUT2D eigenvalue weighted by Crippen LogP contribution is -2.37. The second kappa shape index (κ2) is 15.2. The number of methoxy groups -OCH3 is 1. The highest BCUT2D eigenvalue weighted by Crippen LogP contribution is 2.15. The average Bonchev–Trinajstić information content (AvgIpc) is 2.57. The minimum Gasteiger partial charge on any atom is -0.475 e. The van der Waals surface area contributed by atoms with Crippen LogP contribution in [0.3, 0.4) is 0 Å². The summed E-state index contributed by atoms with van der Waals surface area (Å²) in [6.45, 7) is 9.86. The molecule has 2 N–H and O–H groups in total. The molecule has 0 atom stereocenters. The number of ether oxygens (including phenoxy) is 2. The minimum atomic E-state index is 0. The summed E-state index contributed by atoms with van der Waals surface area (Å²) in [7, 11) is 1.65. The fraction of sp³-hybridized carbons (Fsp3) is 0.667. The summed E-state index contributed by atoms with van der Waals surface area (Å²) >= 11 is 0. The fourth-order valence-corrected chi connectivity index (χ4v) is 2.12. The normalized spacial score (nSPS) is 11.2. The molecule has 0 fully saturated rings. The maximum atomic E-state index is 5.65. The van der Waals surface area contributed by atoms with Crippen LogP contribution in [-0.4, -0.2) is 44.4 Å². The van der Waals surface area contributed by atoms with Crippen LogP contribution in [0.25, 0.3) is 0 Å². The first-order chi connectivity index (χ1) is 11.7. The van der Waals surface area contributed by atoms with Crippen molar-refractivity contribution in [3.05, 3.63) is 23.9 Å². The smallest absolute Gasteiger partial charge is 0.218 e. The highest BCUT2D eigenvalue weighted by molar-refractivity contribution is 14.0. The molecule has 0 radical (unpaired) electrons. The third-order valence-electron chi connectivity index (χ3n) is 3.38. The van der Waals surface area contributed by atoms with Gasteiger partial charge in [-0.2, -0.15) is 0 Å². The molecule has 0 aliphatic carbocycles. The van der Waals surface area contributed by atoms with Crippen molar-refractivity contribution in [3.63, 3.8) is 0 Å². The van der Waals surface area contributed by atoms with E-state index in [1.807, 2.05) is 12.1 Å². The van der Waals surface area contributed by atoms with Crippen LogP contribution in [0.2, 0.25) is 0 Å². The van der Waals surface area contributed by atoms with Crippen molar-refractivity contribution in [2.45, 2.75) is 40.2 Å². The van der Waals surface area contributed by atoms with E-state index in [9.17, 15) is 0 Å². The molecule has 0 bridgehead atoms. The van der Waals surface area contributed by atoms with E-state index < -0.39 is 0 Å². The number of aliphatic imine (C=N–C) groups is 1. The van der Waals surface area contributed by atoms with Gasteiger partial charge in [0.2, 0.25) is 5.88 Å². The van der Waals surface area contributed by atoms with Gasteiger partial charge in [0, 0.05) is 32.0 Å². The fourth-order valence-electron chi connectivity index (χ4n) is 2.12. The van der Waals surface area contributed by atoms with Gasteiger partial charge in [0.1, 0.15) is 6.61 Å². The van der Waals surface area contributed by atoms with Gasteiger partial charge < -0.3 is 20.1 Å². The molecule has 0 saturated heterocycles. The zero-order valence-electron chi connectivity index (χ0n) is 15.9. The van der Waals surface area contributed by atoms with Crippen LogP contribution in [0.1, 0.15) is 39.2 Å². The van der Waals surface area contributed by atoms with Crippen LogP contribution in [0, 0.1) is 5.92 Å². The van der Waals surface area contributed by atoms with E-state index in [0.29, 0.717) is 25.6 Å². The van der Waals surface area contributed by atoms with E-state index in [0.717, 1.165) is 37.0 Å². The van der Waals surface area contributed by atoms with Gasteiger partial charge in [-0.3, -0.25) is 0 Å². The molecule has 0 spiro atoms. The Labute approximate surface area is 169 Å². The molecular formula is C18H33IN4O2. The maximum absolute atomic E-state index is 5.65. The topological polar surface area (TPSA) is 67.8 Å². The highest BCUT2D eigenvalue weighted by Gasteiger charge is 2.05. The van der Waals surface area contributed by atoms with Gasteiger partial charge in [0.25, 0.3) is 0 Å². The summed E-state index contributed by atoms with van der Waals surface area (Å²) in [6.07, 6.45) is 4.08. The summed E-state index contributed by atoms with van der Waals surface area (Å²) < 4.78 is 10.7. The van der Waals surface area contributed by atoms with Gasteiger partial charge in [-0.05, 0) is 31.7 Å². The lowest BCUT2D eigenvalue weighted by molar-refractivity contribution is 0.143. The van der Waals surface area contributed by atoms with Crippen molar-refractivity contribution >= 4 is 29.9 Å². The minimum absolute atomic E-state index is 0. The second-order valence-electron chi connectivity index (χ2n) is 5.97. The van der Waals surface area contributed by atoms with Crippen LogP contribution in [0.15, 0.2) is 23.3 Å². The first-order valence-corrected chi connectivity index (χ1v) is 8.75. The third kappa shape index (κ3) is 11.2. The van der Waals surface area contributed by atoms with E-state index in [1.165, 1.54) is 6.42 Å². The molecule has 0 unspecified atom stereocenters. The SMILES string of the molecule is CCNC(=NCc1cccnc1OCCOC)NCCCC(C)C.I. The van der Waals surface area contributed by atoms with Crippen molar-refractivity contribution < 1.29 is 9.47 Å². The summed E-state index contributed by atoms with van der Waals surface area (Å²) in [6, 6.07) is 3.89. The van der Waals surface area contributed by atoms with Crippen molar-refractivity contribution in [2.24, 2.45) is 10.9 Å². The Bertz CT molecular complexity index is 484. The average molecular weight is 464 g/mol. The largest absolute Gasteiger partial charge is 0.475 e. The molecular weight excluding hydrogens is 431 g/mol. The van der Waals surface area contributed by atoms with Gasteiger partial charge in [-0.1, -0.05) is 19.9 Å². The van der Waals surface area contributed by atoms with Gasteiger partial charge in [-0.15, -0.1) is 24.0 Å². The standard InChI is InChI=1S/C18H32N4O2.HI/c1-5-19-18(21-11-6-8-15(2)3)22-14-16-9-7-10-20-17(16)24-13-12-23-4;/h7,9-10,15H,5-6,8,11-14H2,1-4H3,(H2,19,21,22);1H. The molecule has 0 aromatic carbocycles. The summed E-state index contributed by atoms with van der Waals surface area (Å²) in [5, 5.41) is 6.65. The number of halogens is 1. The molecule has 0 aliphatic heterocycles. The quantitative estimate of drug-likeness (QED) is 0.228. The van der Waals surface area contributed by atoms with Crippen LogP contribution in [-0.2, 0) is 11.3 Å². The molecule has 6 nitrogen and oxygen atoms in total. The van der Waals surface area contributed by atoms with Gasteiger partial charge in [0.15, 0.2) is 5.96 Å². The maximum Gasteiger partial charge on any atom is 0.218 e. The summed E-state index contributed by atoms with van der Waals surface area (Å²) in [4.78, 5) is 8.91. The lowest BCUT2D eigenvalue weighted by Gasteiger charge is -2.13. The van der Waals surface area contributed by atoms with E-state index in [-0.39, 0.29) is 24.0 Å². The van der Waals surface area contributed by atoms with E-state index in [1.54, 1.807) is 13.3 Å². The van der Waals surface area contributed by atoms with Crippen LogP contribution < -0.4 is 15.4 Å². The molecule has 0 amide bonds. The highest BCUT2D eigenvalue weighted by atomic mass is 127. The van der Waals surface area contributed by atoms with E-state index in [2.05, 4.69) is 41.4 Å². The number of hydrogen-bond donors (Lipinski definition) is 2. The number of rotatable bonds is 11. The number of nitrogens with zero attached hydrogens (tertiary/aromatic N) is 2. The van der Waals surface area contributed by atoms with Gasteiger partial charge in [0.05, 0.1) is 13.2 Å². The zero-order valence-corrected chi connectivity index (χ0v) is 18.2. The third-order valence-corrected chi connectivity index (χ3v) is 3.38. The van der Waals surface area contributed by atoms with Gasteiger partial charge >= 0.3 is 0 Å². The molecule has 1 heterocycles. The number of aromatic nitrogens is 1. The van der Waals surface area contributed by atoms with E-state index >= 15 is 0 Å². The monoisotopic (exact) mass is 464 g/mol. The van der Waals surface area contributed by atoms with E-state index in [4.69, 9.17) is 9.47 Å². The Morgan fingerprint density at radius 1 is 1.28 bits per heavy atom. The molecule has 1 aromatic rings. The van der Waals surface area contributed by atoms with Crippen molar-refractivity contribution in [3.8, 4) is 5.88 Å². The Kier molecular flexibility index (Phi) is 14.5. The van der Waals surface area contributed by atoms with Crippen LogP contribution >= 0.6 is 24.0 Å². The number of nitrogens with one attached hydrogen (secondary N) is 2. The second-order valence-corrected chi connectivity index (χ2v) is 5.97. The summed E-state index contributed by atoms with van der Waals surface area (Å²) in [5.74, 6) is 2.18. The Morgan fingerprint density at radius 2 is 2.08 bits per heavy atom. The predicted molar refractivity (Wildman–Crippen MR) is 114 cm³/mol. The van der Waals surface area contributed by atoms with Gasteiger partial charge in [-0.25, -0.2) is 9.98 Å². The zero-order chi connectivity index (χ0) is 17.6. The van der Waals surface area contributed by atoms with Crippen molar-refractivity contribution in [1.82, 2.24) is 15.6 Å². The predicted octanol–water partition coefficient (Wildman–Crippen LogP) is 3.22. The molecule has 7 heteroatoms. The molecule has 25 heavy (non-hydrogen) atoms. The molecule has 144 valence electrons. The lowest BCUT2D eigenvalue weighted by atomic mass is 10.1. The number of hydrogen-bond acceptors (Lipinski definition) is 4.